The van der Waals surface area contributed by atoms with E-state index in [0.29, 0.717) is 31.1 Å². The standard InChI is InChI=1S/C21H29N7O.C16H26FNO/c1-21(2,3)17-11-15-13-28(20(29)27-18(15)26-17)16-7-5-14(6-8-16)12-24-9-4-10-25-19(22)23;1-5-19-14-11-12(8-6-7-9-18)10-13(15(14)17)16(2,3)4/h5-8,11,13,24H,4,9-10,12H2,1-3H3,(H4,22,23,25)(H,26,27,29);10-11H,5-9,18H2,1-4H3. The minimum atomic E-state index is -0.301. The molecule has 262 valence electrons. The number of aliphatic imine (C=N–C) groups is 1. The third-order valence-corrected chi connectivity index (χ3v) is 7.79. The summed E-state index contributed by atoms with van der Waals surface area (Å²) in [7, 11) is 0. The van der Waals surface area contributed by atoms with Crippen molar-refractivity contribution < 1.29 is 9.13 Å². The predicted molar refractivity (Wildman–Crippen MR) is 196 cm³/mol. The van der Waals surface area contributed by atoms with Gasteiger partial charge in [0.2, 0.25) is 0 Å². The largest absolute Gasteiger partial charge is 0.491 e. The molecular weight excluding hydrogens is 607 g/mol. The number of unbranched alkanes of at least 4 members (excludes halogenated alkanes) is 1. The molecule has 0 aliphatic carbocycles. The van der Waals surface area contributed by atoms with Gasteiger partial charge in [-0.25, -0.2) is 9.18 Å². The lowest BCUT2D eigenvalue weighted by Gasteiger charge is -2.22. The zero-order chi connectivity index (χ0) is 35.5. The van der Waals surface area contributed by atoms with Crippen LogP contribution in [0.5, 0.6) is 5.75 Å². The Balaban J connectivity index is 0.000000286. The fraction of sp³-hybridized carbons (Fsp3) is 0.486. The number of nitrogens with two attached hydrogens (primary N) is 3. The van der Waals surface area contributed by atoms with Crippen molar-refractivity contribution in [1.29, 1.82) is 0 Å². The molecule has 0 aliphatic heterocycles. The third kappa shape index (κ3) is 11.2. The number of benzene rings is 2. The number of hydrogen-bond acceptors (Lipinski definition) is 6. The van der Waals surface area contributed by atoms with Gasteiger partial charge >= 0.3 is 5.69 Å². The first-order valence-corrected chi connectivity index (χ1v) is 16.8. The van der Waals surface area contributed by atoms with Crippen molar-refractivity contribution in [2.75, 3.05) is 26.2 Å². The van der Waals surface area contributed by atoms with E-state index in [0.717, 1.165) is 72.2 Å². The first-order chi connectivity index (χ1) is 22.6. The fourth-order valence-electron chi connectivity index (χ4n) is 5.08. The van der Waals surface area contributed by atoms with Gasteiger partial charge < -0.3 is 32.2 Å². The SMILES string of the molecule is CC(C)(C)c1cc2cn(-c3ccc(CNCCCN=C(N)N)cc3)c(=O)nc2[nH]1.CCOc1cc(CCCCN)cc(C(C)(C)C)c1F. The minimum absolute atomic E-state index is 0.0352. The van der Waals surface area contributed by atoms with Crippen molar-refractivity contribution in [2.24, 2.45) is 22.2 Å². The smallest absolute Gasteiger partial charge is 0.354 e. The number of aromatic nitrogens is 3. The molecule has 2 aromatic carbocycles. The van der Waals surface area contributed by atoms with Crippen LogP contribution in [-0.4, -0.2) is 46.7 Å². The summed E-state index contributed by atoms with van der Waals surface area (Å²) in [4.78, 5) is 23.9. The molecule has 0 radical (unpaired) electrons. The number of guanidine groups is 1. The lowest BCUT2D eigenvalue weighted by molar-refractivity contribution is 0.317. The van der Waals surface area contributed by atoms with Crippen molar-refractivity contribution in [2.45, 2.75) is 91.5 Å². The summed E-state index contributed by atoms with van der Waals surface area (Å²) in [6, 6.07) is 13.7. The van der Waals surface area contributed by atoms with Gasteiger partial charge in [0.25, 0.3) is 0 Å². The maximum Gasteiger partial charge on any atom is 0.354 e. The van der Waals surface area contributed by atoms with Crippen LogP contribution in [0.1, 0.15) is 90.1 Å². The molecule has 0 unspecified atom stereocenters. The number of rotatable bonds is 13. The van der Waals surface area contributed by atoms with E-state index in [4.69, 9.17) is 21.9 Å². The molecule has 2 heterocycles. The molecule has 0 saturated carbocycles. The second-order valence-electron chi connectivity index (χ2n) is 14.0. The Morgan fingerprint density at radius 3 is 2.31 bits per heavy atom. The van der Waals surface area contributed by atoms with E-state index in [1.165, 1.54) is 0 Å². The zero-order valence-corrected chi connectivity index (χ0v) is 29.8. The van der Waals surface area contributed by atoms with Crippen LogP contribution >= 0.6 is 0 Å². The monoisotopic (exact) mass is 662 g/mol. The number of fused-ring (bicyclic) bond motifs is 1. The summed E-state index contributed by atoms with van der Waals surface area (Å²) >= 11 is 0. The van der Waals surface area contributed by atoms with Crippen LogP contribution in [0.3, 0.4) is 0 Å². The topological polar surface area (TPSA) is 162 Å². The number of halogens is 1. The molecular formula is C37H55FN8O2. The van der Waals surface area contributed by atoms with Gasteiger partial charge in [0.15, 0.2) is 17.5 Å². The molecule has 10 nitrogen and oxygen atoms in total. The number of nitrogens with one attached hydrogen (secondary N) is 2. The van der Waals surface area contributed by atoms with Crippen molar-refractivity contribution in [1.82, 2.24) is 19.9 Å². The number of H-pyrrole nitrogens is 1. The highest BCUT2D eigenvalue weighted by Crippen LogP contribution is 2.32. The van der Waals surface area contributed by atoms with Gasteiger partial charge in [-0.2, -0.15) is 4.98 Å². The van der Waals surface area contributed by atoms with Crippen LogP contribution in [-0.2, 0) is 23.8 Å². The maximum absolute atomic E-state index is 14.4. The molecule has 4 rings (SSSR count). The van der Waals surface area contributed by atoms with E-state index >= 15 is 0 Å². The summed E-state index contributed by atoms with van der Waals surface area (Å²) in [5, 5.41) is 4.27. The van der Waals surface area contributed by atoms with Gasteiger partial charge in [0, 0.05) is 35.8 Å². The summed E-state index contributed by atoms with van der Waals surface area (Å²) in [5.41, 5.74) is 21.0. The summed E-state index contributed by atoms with van der Waals surface area (Å²) in [5.74, 6) is 0.271. The van der Waals surface area contributed by atoms with Crippen LogP contribution in [0, 0.1) is 5.82 Å². The molecule has 8 N–H and O–H groups in total. The van der Waals surface area contributed by atoms with Crippen LogP contribution in [0.4, 0.5) is 4.39 Å². The molecule has 4 aromatic rings. The predicted octanol–water partition coefficient (Wildman–Crippen LogP) is 5.57. The molecule has 0 amide bonds. The summed E-state index contributed by atoms with van der Waals surface area (Å²) in [6.45, 7) is 17.6. The number of nitrogens with zero attached hydrogens (tertiary/aromatic N) is 3. The lowest BCUT2D eigenvalue weighted by Crippen LogP contribution is -2.23. The van der Waals surface area contributed by atoms with Gasteiger partial charge in [-0.3, -0.25) is 9.56 Å². The van der Waals surface area contributed by atoms with E-state index in [9.17, 15) is 9.18 Å². The molecule has 0 fully saturated rings. The Morgan fingerprint density at radius 2 is 1.71 bits per heavy atom. The normalized spacial score (nSPS) is 11.7. The zero-order valence-electron chi connectivity index (χ0n) is 29.8. The Bertz CT molecular complexity index is 1690. The van der Waals surface area contributed by atoms with Crippen LogP contribution < -0.4 is 32.9 Å². The van der Waals surface area contributed by atoms with E-state index in [-0.39, 0.29) is 28.3 Å². The second-order valence-corrected chi connectivity index (χ2v) is 14.0. The highest BCUT2D eigenvalue weighted by Gasteiger charge is 2.22. The molecule has 0 spiro atoms. The van der Waals surface area contributed by atoms with Gasteiger partial charge in [0.05, 0.1) is 12.3 Å². The molecule has 0 aliphatic rings. The average Bonchev–Trinajstić information content (AvgIpc) is 3.44. The van der Waals surface area contributed by atoms with E-state index in [1.807, 2.05) is 70.3 Å². The number of aromatic amines is 1. The fourth-order valence-corrected chi connectivity index (χ4v) is 5.08. The van der Waals surface area contributed by atoms with Crippen molar-refractivity contribution >= 4 is 17.0 Å². The van der Waals surface area contributed by atoms with Crippen LogP contribution in [0.15, 0.2) is 58.4 Å². The molecule has 0 atom stereocenters. The molecule has 11 heteroatoms. The van der Waals surface area contributed by atoms with Crippen molar-refractivity contribution in [3.05, 3.63) is 87.3 Å². The van der Waals surface area contributed by atoms with Gasteiger partial charge in [-0.15, -0.1) is 0 Å². The number of aryl methyl sites for hydroxylation is 1. The highest BCUT2D eigenvalue weighted by atomic mass is 19.1. The van der Waals surface area contributed by atoms with Crippen LogP contribution in [0.25, 0.3) is 16.7 Å². The van der Waals surface area contributed by atoms with Gasteiger partial charge in [-0.05, 0) is 92.1 Å². The van der Waals surface area contributed by atoms with E-state index < -0.39 is 0 Å². The molecule has 0 saturated heterocycles. The highest BCUT2D eigenvalue weighted by molar-refractivity contribution is 5.76. The minimum Gasteiger partial charge on any atom is -0.491 e. The third-order valence-electron chi connectivity index (χ3n) is 7.79. The van der Waals surface area contributed by atoms with E-state index in [1.54, 1.807) is 4.57 Å². The van der Waals surface area contributed by atoms with Crippen molar-refractivity contribution in [3.8, 4) is 11.4 Å². The Labute approximate surface area is 284 Å². The Morgan fingerprint density at radius 1 is 1.00 bits per heavy atom. The summed E-state index contributed by atoms with van der Waals surface area (Å²) in [6.07, 6.45) is 5.64. The second kappa shape index (κ2) is 17.3. The first kappa shape index (κ1) is 38.2. The summed E-state index contributed by atoms with van der Waals surface area (Å²) < 4.78 is 21.4. The molecule has 0 bridgehead atoms. The number of ether oxygens (including phenoxy) is 1. The quantitative estimate of drug-likeness (QED) is 0.0710. The van der Waals surface area contributed by atoms with Gasteiger partial charge in [0.1, 0.15) is 5.65 Å². The Kier molecular flexibility index (Phi) is 13.7. The van der Waals surface area contributed by atoms with Crippen molar-refractivity contribution in [3.63, 3.8) is 0 Å². The van der Waals surface area contributed by atoms with Crippen LogP contribution in [0.2, 0.25) is 0 Å². The maximum atomic E-state index is 14.4. The Hall–Kier alpha value is -4.22. The average molecular weight is 663 g/mol. The lowest BCUT2D eigenvalue weighted by atomic mass is 9.85. The van der Waals surface area contributed by atoms with Gasteiger partial charge in [-0.1, -0.05) is 59.7 Å². The molecule has 2 aromatic heterocycles. The number of hydrogen-bond donors (Lipinski definition) is 5. The van der Waals surface area contributed by atoms with E-state index in [2.05, 4.69) is 47.1 Å². The first-order valence-electron chi connectivity index (χ1n) is 16.8. The molecule has 48 heavy (non-hydrogen) atoms.